The van der Waals surface area contributed by atoms with Crippen molar-refractivity contribution in [3.8, 4) is 0 Å². The first kappa shape index (κ1) is 17.4. The number of nitrogens with two attached hydrogens (primary N) is 1. The van der Waals surface area contributed by atoms with Crippen molar-refractivity contribution in [2.75, 3.05) is 13.2 Å². The monoisotopic (exact) mass is 303 g/mol. The van der Waals surface area contributed by atoms with Crippen LogP contribution in [0, 0.1) is 0 Å². The lowest BCUT2D eigenvalue weighted by Gasteiger charge is -2.35. The summed E-state index contributed by atoms with van der Waals surface area (Å²) in [5.74, 6) is 0. The second-order valence-corrected chi connectivity index (χ2v) is 15.2. The molecule has 2 saturated heterocycles. The third-order valence-corrected chi connectivity index (χ3v) is 11.1. The van der Waals surface area contributed by atoms with Gasteiger partial charge in [0.2, 0.25) is 8.32 Å². The molecular formula is C14H33NO2Si2. The summed E-state index contributed by atoms with van der Waals surface area (Å²) in [7, 11) is -2.55. The minimum absolute atomic E-state index is 0.350. The van der Waals surface area contributed by atoms with E-state index in [-0.39, 0.29) is 0 Å². The standard InChI is InChI=1S/C8H19NOSi.C6H14OSi/c1-3-8(9)11(2)7-5-4-6-10-11;1-8(2)6-4-3-5-7-8/h8H,3-7,9H2,1-2H3;3-6H2,1-2H3. The molecule has 3 nitrogen and oxygen atoms in total. The molecule has 0 saturated carbocycles. The van der Waals surface area contributed by atoms with Crippen LogP contribution >= 0.6 is 0 Å². The van der Waals surface area contributed by atoms with Gasteiger partial charge in [0.1, 0.15) is 0 Å². The highest BCUT2D eigenvalue weighted by Crippen LogP contribution is 2.24. The molecule has 2 aliphatic rings. The number of rotatable bonds is 2. The highest BCUT2D eigenvalue weighted by molar-refractivity contribution is 6.74. The fraction of sp³-hybridized carbons (Fsp3) is 1.00. The van der Waals surface area contributed by atoms with Crippen molar-refractivity contribution in [3.63, 3.8) is 0 Å². The molecule has 2 atom stereocenters. The molecule has 2 aliphatic heterocycles. The van der Waals surface area contributed by atoms with Gasteiger partial charge in [-0.05, 0) is 51.0 Å². The van der Waals surface area contributed by atoms with E-state index in [1.807, 2.05) is 0 Å². The second-order valence-electron chi connectivity index (χ2n) is 6.70. The Balaban J connectivity index is 0.000000200. The fourth-order valence-electron chi connectivity index (χ4n) is 2.75. The third-order valence-electron chi connectivity index (χ3n) is 4.39. The molecular weight excluding hydrogens is 270 g/mol. The van der Waals surface area contributed by atoms with E-state index in [9.17, 15) is 0 Å². The largest absolute Gasteiger partial charge is 0.417 e. The molecule has 2 heterocycles. The lowest BCUT2D eigenvalue weighted by Crippen LogP contribution is -2.54. The zero-order valence-corrected chi connectivity index (χ0v) is 15.3. The Kier molecular flexibility index (Phi) is 7.25. The quantitative estimate of drug-likeness (QED) is 0.792. The van der Waals surface area contributed by atoms with Crippen LogP contribution in [-0.4, -0.2) is 35.5 Å². The van der Waals surface area contributed by atoms with Gasteiger partial charge in [0.15, 0.2) is 8.32 Å². The summed E-state index contributed by atoms with van der Waals surface area (Å²) in [6.07, 6.45) is 6.33. The highest BCUT2D eigenvalue weighted by atomic mass is 28.4. The maximum absolute atomic E-state index is 6.02. The van der Waals surface area contributed by atoms with Crippen molar-refractivity contribution in [1.82, 2.24) is 0 Å². The second kappa shape index (κ2) is 7.93. The summed E-state index contributed by atoms with van der Waals surface area (Å²) >= 11 is 0. The molecule has 0 aromatic carbocycles. The fourth-order valence-corrected chi connectivity index (χ4v) is 7.85. The van der Waals surface area contributed by atoms with Gasteiger partial charge in [-0.1, -0.05) is 19.8 Å². The van der Waals surface area contributed by atoms with Crippen LogP contribution in [0.2, 0.25) is 31.7 Å². The maximum atomic E-state index is 6.02. The van der Waals surface area contributed by atoms with Gasteiger partial charge < -0.3 is 14.6 Å². The Hall–Kier alpha value is 0.314. The minimum atomic E-state index is -1.46. The Bertz CT molecular complexity index is 248. The summed E-state index contributed by atoms with van der Waals surface area (Å²) < 4.78 is 11.4. The van der Waals surface area contributed by atoms with Crippen LogP contribution < -0.4 is 5.73 Å². The molecule has 0 aliphatic carbocycles. The Morgan fingerprint density at radius 3 is 1.84 bits per heavy atom. The SMILES string of the molecule is CCC(N)[Si]1(C)CCCCO1.C[Si]1(C)CCCCO1. The molecule has 0 aromatic heterocycles. The lowest BCUT2D eigenvalue weighted by molar-refractivity contribution is 0.262. The zero-order valence-electron chi connectivity index (χ0n) is 13.3. The summed E-state index contributed by atoms with van der Waals surface area (Å²) in [6, 6.07) is 2.63. The third kappa shape index (κ3) is 6.08. The van der Waals surface area contributed by atoms with E-state index in [2.05, 4.69) is 26.6 Å². The lowest BCUT2D eigenvalue weighted by atomic mass is 10.4. The van der Waals surface area contributed by atoms with Crippen molar-refractivity contribution in [1.29, 1.82) is 0 Å². The predicted molar refractivity (Wildman–Crippen MR) is 87.4 cm³/mol. The molecule has 5 heteroatoms. The molecule has 19 heavy (non-hydrogen) atoms. The van der Waals surface area contributed by atoms with Crippen LogP contribution in [0.3, 0.4) is 0 Å². The Labute approximate surface area is 121 Å². The zero-order chi connectivity index (χ0) is 14.4. The smallest absolute Gasteiger partial charge is 0.205 e. The first-order valence-electron chi connectivity index (χ1n) is 7.93. The van der Waals surface area contributed by atoms with Crippen LogP contribution in [0.25, 0.3) is 0 Å². The van der Waals surface area contributed by atoms with E-state index in [1.54, 1.807) is 0 Å². The van der Waals surface area contributed by atoms with Gasteiger partial charge in [-0.2, -0.15) is 0 Å². The highest BCUT2D eigenvalue weighted by Gasteiger charge is 2.36. The van der Waals surface area contributed by atoms with E-state index >= 15 is 0 Å². The van der Waals surface area contributed by atoms with Gasteiger partial charge in [-0.3, -0.25) is 0 Å². The van der Waals surface area contributed by atoms with Crippen LogP contribution in [0.15, 0.2) is 0 Å². The van der Waals surface area contributed by atoms with Crippen molar-refractivity contribution in [3.05, 3.63) is 0 Å². The molecule has 0 bridgehead atoms. The van der Waals surface area contributed by atoms with Crippen LogP contribution in [0.5, 0.6) is 0 Å². The van der Waals surface area contributed by atoms with Crippen molar-refractivity contribution < 1.29 is 8.85 Å². The predicted octanol–water partition coefficient (Wildman–Crippen LogP) is 3.65. The summed E-state index contributed by atoms with van der Waals surface area (Å²) in [5, 5.41) is 0. The van der Waals surface area contributed by atoms with E-state index in [0.29, 0.717) is 5.67 Å². The Morgan fingerprint density at radius 2 is 1.53 bits per heavy atom. The van der Waals surface area contributed by atoms with Crippen molar-refractivity contribution in [2.45, 2.75) is 76.4 Å². The van der Waals surface area contributed by atoms with E-state index in [1.165, 1.54) is 37.8 Å². The average Bonchev–Trinajstić information content (AvgIpc) is 2.39. The first-order chi connectivity index (χ1) is 8.90. The molecule has 2 N–H and O–H groups in total. The van der Waals surface area contributed by atoms with Gasteiger partial charge in [0.25, 0.3) is 0 Å². The number of hydrogen-bond donors (Lipinski definition) is 1. The summed E-state index contributed by atoms with van der Waals surface area (Å²) in [5.41, 5.74) is 6.37. The van der Waals surface area contributed by atoms with Gasteiger partial charge >= 0.3 is 0 Å². The normalized spacial score (nSPS) is 32.1. The molecule has 0 aromatic rings. The van der Waals surface area contributed by atoms with Crippen LogP contribution in [0.1, 0.15) is 39.0 Å². The van der Waals surface area contributed by atoms with E-state index < -0.39 is 16.6 Å². The van der Waals surface area contributed by atoms with Crippen LogP contribution in [0.4, 0.5) is 0 Å². The van der Waals surface area contributed by atoms with Crippen LogP contribution in [-0.2, 0) is 8.85 Å². The van der Waals surface area contributed by atoms with Gasteiger partial charge in [0.05, 0.1) is 0 Å². The van der Waals surface area contributed by atoms with Crippen molar-refractivity contribution in [2.24, 2.45) is 5.73 Å². The molecule has 2 fully saturated rings. The van der Waals surface area contributed by atoms with E-state index in [0.717, 1.165) is 19.6 Å². The molecule has 0 radical (unpaired) electrons. The maximum Gasteiger partial charge on any atom is 0.205 e. The molecule has 2 rings (SSSR count). The first-order valence-corrected chi connectivity index (χ1v) is 13.7. The Morgan fingerprint density at radius 1 is 0.947 bits per heavy atom. The molecule has 2 unspecified atom stereocenters. The molecule has 0 amide bonds. The molecule has 0 spiro atoms. The number of hydrogen-bond acceptors (Lipinski definition) is 3. The van der Waals surface area contributed by atoms with Gasteiger partial charge in [0, 0.05) is 18.9 Å². The topological polar surface area (TPSA) is 44.5 Å². The minimum Gasteiger partial charge on any atom is -0.417 e. The van der Waals surface area contributed by atoms with Gasteiger partial charge in [-0.15, -0.1) is 0 Å². The summed E-state index contributed by atoms with van der Waals surface area (Å²) in [6.45, 7) is 11.0. The summed E-state index contributed by atoms with van der Waals surface area (Å²) in [4.78, 5) is 0. The average molecular weight is 304 g/mol. The molecule has 114 valence electrons. The van der Waals surface area contributed by atoms with Crippen molar-refractivity contribution >= 4 is 16.6 Å². The van der Waals surface area contributed by atoms with Gasteiger partial charge in [-0.25, -0.2) is 0 Å². The van der Waals surface area contributed by atoms with E-state index in [4.69, 9.17) is 14.6 Å².